The van der Waals surface area contributed by atoms with Gasteiger partial charge in [-0.2, -0.15) is 8.42 Å². The summed E-state index contributed by atoms with van der Waals surface area (Å²) in [6, 6.07) is 15.7. The average Bonchev–Trinajstić information content (AvgIpc) is 3.09. The maximum Gasteiger partial charge on any atom is 0.339 e. The number of carbonyl (C=O) groups is 2. The Balaban J connectivity index is 1.56. The Kier molecular flexibility index (Phi) is 7.65. The maximum atomic E-state index is 12.9. The lowest BCUT2D eigenvalue weighted by Gasteiger charge is -2.14. The molecule has 1 saturated heterocycles. The van der Waals surface area contributed by atoms with Crippen molar-refractivity contribution in [3.05, 3.63) is 92.3 Å². The molecule has 7 nitrogen and oxygen atoms in total. The number of rotatable bonds is 7. The van der Waals surface area contributed by atoms with Crippen LogP contribution in [0.15, 0.2) is 70.5 Å². The molecule has 186 valence electrons. The van der Waals surface area contributed by atoms with Crippen LogP contribution in [0.1, 0.15) is 16.7 Å². The number of nitrogens with zero attached hydrogens (tertiary/aromatic N) is 1. The van der Waals surface area contributed by atoms with Gasteiger partial charge in [0.25, 0.3) is 11.1 Å². The third-order valence-corrected chi connectivity index (χ3v) is 8.11. The van der Waals surface area contributed by atoms with E-state index in [-0.39, 0.29) is 27.8 Å². The number of benzene rings is 3. The lowest BCUT2D eigenvalue weighted by atomic mass is 10.1. The number of amides is 2. The van der Waals surface area contributed by atoms with Gasteiger partial charge in [0.05, 0.1) is 18.6 Å². The van der Waals surface area contributed by atoms with E-state index in [4.69, 9.17) is 32.1 Å². The Bertz CT molecular complexity index is 1470. The number of hydrogen-bond acceptors (Lipinski definition) is 7. The van der Waals surface area contributed by atoms with E-state index in [1.807, 2.05) is 6.92 Å². The molecule has 0 radical (unpaired) electrons. The third-order valence-electron chi connectivity index (χ3n) is 5.25. The van der Waals surface area contributed by atoms with Crippen molar-refractivity contribution in [2.75, 3.05) is 7.11 Å². The molecule has 0 N–H and O–H groups in total. The summed E-state index contributed by atoms with van der Waals surface area (Å²) in [4.78, 5) is 26.7. The monoisotopic (exact) mass is 563 g/mol. The highest BCUT2D eigenvalue weighted by Gasteiger charge is 2.35. The number of thioether (sulfide) groups is 1. The van der Waals surface area contributed by atoms with Crippen molar-refractivity contribution >= 4 is 62.3 Å². The predicted molar refractivity (Wildman–Crippen MR) is 140 cm³/mol. The van der Waals surface area contributed by atoms with Gasteiger partial charge in [0.1, 0.15) is 4.90 Å². The van der Waals surface area contributed by atoms with Crippen LogP contribution < -0.4 is 8.92 Å². The fraction of sp³-hybridized carbons (Fsp3) is 0.120. The number of carbonyl (C=O) groups excluding carboxylic acids is 2. The van der Waals surface area contributed by atoms with E-state index in [9.17, 15) is 18.0 Å². The number of halogens is 2. The molecule has 0 atom stereocenters. The average molecular weight is 564 g/mol. The summed E-state index contributed by atoms with van der Waals surface area (Å²) in [6.45, 7) is 1.78. The molecule has 1 heterocycles. The normalized spacial score (nSPS) is 15.0. The molecule has 11 heteroatoms. The highest BCUT2D eigenvalue weighted by Crippen LogP contribution is 2.37. The zero-order valence-corrected chi connectivity index (χ0v) is 22.2. The summed E-state index contributed by atoms with van der Waals surface area (Å²) < 4.78 is 35.9. The van der Waals surface area contributed by atoms with Gasteiger partial charge in [-0.1, -0.05) is 53.0 Å². The minimum atomic E-state index is -4.08. The molecule has 2 amide bonds. The molecule has 1 aliphatic rings. The van der Waals surface area contributed by atoms with E-state index >= 15 is 0 Å². The molecule has 0 spiro atoms. The van der Waals surface area contributed by atoms with Crippen LogP contribution in [0.5, 0.6) is 11.5 Å². The largest absolute Gasteiger partial charge is 0.493 e. The number of ether oxygens (including phenoxy) is 1. The fourth-order valence-electron chi connectivity index (χ4n) is 3.34. The number of imide groups is 1. The molecule has 0 saturated carbocycles. The highest BCUT2D eigenvalue weighted by molar-refractivity contribution is 8.18. The van der Waals surface area contributed by atoms with Gasteiger partial charge in [-0.05, 0) is 66.7 Å². The zero-order valence-electron chi connectivity index (χ0n) is 19.0. The van der Waals surface area contributed by atoms with Gasteiger partial charge in [0.2, 0.25) is 0 Å². The van der Waals surface area contributed by atoms with Crippen molar-refractivity contribution in [2.45, 2.75) is 18.4 Å². The van der Waals surface area contributed by atoms with Crippen molar-refractivity contribution in [1.29, 1.82) is 0 Å². The highest BCUT2D eigenvalue weighted by atomic mass is 35.5. The first-order valence-electron chi connectivity index (χ1n) is 10.5. The SMILES string of the molecule is COc1cc(/C=C2\SC(=O)N(Cc3c(Cl)cccc3Cl)C2=O)ccc1OS(=O)(=O)c1ccc(C)cc1. The Hall–Kier alpha value is -2.98. The Morgan fingerprint density at radius 3 is 2.28 bits per heavy atom. The van der Waals surface area contributed by atoms with Gasteiger partial charge in [-0.25, -0.2) is 0 Å². The Morgan fingerprint density at radius 2 is 1.64 bits per heavy atom. The fourth-order valence-corrected chi connectivity index (χ4v) is 5.64. The summed E-state index contributed by atoms with van der Waals surface area (Å²) in [5, 5.41) is 0.247. The van der Waals surface area contributed by atoms with Crippen LogP contribution in [-0.2, 0) is 21.5 Å². The topological polar surface area (TPSA) is 90.0 Å². The van der Waals surface area contributed by atoms with E-state index in [0.717, 1.165) is 22.2 Å². The van der Waals surface area contributed by atoms with Gasteiger partial charge in [-0.15, -0.1) is 0 Å². The first-order chi connectivity index (χ1) is 17.1. The van der Waals surface area contributed by atoms with Crippen LogP contribution in [0.25, 0.3) is 6.08 Å². The molecule has 1 fully saturated rings. The maximum absolute atomic E-state index is 12.9. The van der Waals surface area contributed by atoms with Crippen LogP contribution >= 0.6 is 35.0 Å². The lowest BCUT2D eigenvalue weighted by Crippen LogP contribution is -2.27. The quantitative estimate of drug-likeness (QED) is 0.245. The molecular weight excluding hydrogens is 545 g/mol. The van der Waals surface area contributed by atoms with Crippen LogP contribution in [0, 0.1) is 6.92 Å². The summed E-state index contributed by atoms with van der Waals surface area (Å²) in [5.41, 5.74) is 1.89. The Labute approximate surface area is 222 Å². The van der Waals surface area contributed by atoms with Gasteiger partial charge in [0.15, 0.2) is 11.5 Å². The van der Waals surface area contributed by atoms with Gasteiger partial charge in [-0.3, -0.25) is 14.5 Å². The molecule has 36 heavy (non-hydrogen) atoms. The molecule has 3 aromatic rings. The summed E-state index contributed by atoms with van der Waals surface area (Å²) in [6.07, 6.45) is 1.51. The zero-order chi connectivity index (χ0) is 26.0. The van der Waals surface area contributed by atoms with E-state index in [2.05, 4.69) is 0 Å². The number of aryl methyl sites for hydroxylation is 1. The summed E-state index contributed by atoms with van der Waals surface area (Å²) in [7, 11) is -2.72. The van der Waals surface area contributed by atoms with Crippen molar-refractivity contribution in [1.82, 2.24) is 4.90 Å². The molecule has 3 aromatic carbocycles. The summed E-state index contributed by atoms with van der Waals surface area (Å²) >= 11 is 13.1. The van der Waals surface area contributed by atoms with Crippen molar-refractivity contribution in [3.63, 3.8) is 0 Å². The molecular formula is C25H19Cl2NO6S2. The first kappa shape index (κ1) is 26.1. The Morgan fingerprint density at radius 1 is 0.972 bits per heavy atom. The lowest BCUT2D eigenvalue weighted by molar-refractivity contribution is -0.123. The molecule has 1 aliphatic heterocycles. The number of methoxy groups -OCH3 is 1. The van der Waals surface area contributed by atoms with E-state index < -0.39 is 21.3 Å². The molecule has 4 rings (SSSR count). The van der Waals surface area contributed by atoms with Crippen molar-refractivity contribution in [2.24, 2.45) is 0 Å². The van der Waals surface area contributed by atoms with Crippen LogP contribution in [0.4, 0.5) is 4.79 Å². The molecule has 0 aromatic heterocycles. The first-order valence-corrected chi connectivity index (χ1v) is 13.4. The standard InChI is InChI=1S/C25H19Cl2NO6S2/c1-15-6-9-17(10-7-15)36(31,32)34-21-11-8-16(12-22(21)33-2)13-23-24(29)28(25(30)35-23)14-18-19(26)4-3-5-20(18)27/h3-13H,14H2,1-2H3/b23-13-. The van der Waals surface area contributed by atoms with Crippen molar-refractivity contribution in [3.8, 4) is 11.5 Å². The van der Waals surface area contributed by atoms with Crippen LogP contribution in [-0.4, -0.2) is 31.6 Å². The molecule has 0 aliphatic carbocycles. The second kappa shape index (κ2) is 10.6. The smallest absolute Gasteiger partial charge is 0.339 e. The molecule has 0 bridgehead atoms. The minimum absolute atomic E-state index is 0.00604. The number of hydrogen-bond donors (Lipinski definition) is 0. The van der Waals surface area contributed by atoms with Gasteiger partial charge >= 0.3 is 10.1 Å². The third kappa shape index (κ3) is 5.54. The second-order valence-electron chi connectivity index (χ2n) is 7.73. The molecule has 0 unspecified atom stereocenters. The van der Waals surface area contributed by atoms with E-state index in [1.54, 1.807) is 36.4 Å². The predicted octanol–water partition coefficient (Wildman–Crippen LogP) is 6.31. The van der Waals surface area contributed by atoms with Crippen LogP contribution in [0.3, 0.4) is 0 Å². The second-order valence-corrected chi connectivity index (χ2v) is 11.1. The van der Waals surface area contributed by atoms with Crippen LogP contribution in [0.2, 0.25) is 10.0 Å². The van der Waals surface area contributed by atoms with E-state index in [0.29, 0.717) is 21.2 Å². The minimum Gasteiger partial charge on any atom is -0.493 e. The van der Waals surface area contributed by atoms with E-state index in [1.165, 1.54) is 37.5 Å². The summed E-state index contributed by atoms with van der Waals surface area (Å²) in [5.74, 6) is -0.375. The van der Waals surface area contributed by atoms with Gasteiger partial charge < -0.3 is 8.92 Å². The van der Waals surface area contributed by atoms with Crippen molar-refractivity contribution < 1.29 is 26.9 Å². The van der Waals surface area contributed by atoms with Gasteiger partial charge in [0, 0.05) is 15.6 Å².